The summed E-state index contributed by atoms with van der Waals surface area (Å²) in [6.45, 7) is 2.32. The van der Waals surface area contributed by atoms with Crippen molar-refractivity contribution in [3.05, 3.63) is 32.4 Å². The number of nitrogens with one attached hydrogen (secondary N) is 1. The van der Waals surface area contributed by atoms with Crippen LogP contribution in [0.1, 0.15) is 21.3 Å². The van der Waals surface area contributed by atoms with Crippen LogP contribution in [0.5, 0.6) is 0 Å². The largest absolute Gasteiger partial charge is 0.334 e. The van der Waals surface area contributed by atoms with E-state index < -0.39 is 0 Å². The Morgan fingerprint density at radius 2 is 2.41 bits per heavy atom. The van der Waals surface area contributed by atoms with Crippen molar-refractivity contribution in [3.8, 4) is 0 Å². The zero-order valence-electron chi connectivity index (χ0n) is 9.40. The SMILES string of the molecule is Cc1nc(C(=O)N(C)Cc2cc(Br)cs2)n[nH]1. The Labute approximate surface area is 111 Å². The molecule has 1 amide bonds. The van der Waals surface area contributed by atoms with Gasteiger partial charge in [-0.3, -0.25) is 9.89 Å². The van der Waals surface area contributed by atoms with E-state index in [0.717, 1.165) is 9.35 Å². The van der Waals surface area contributed by atoms with Crippen LogP contribution in [0.2, 0.25) is 0 Å². The van der Waals surface area contributed by atoms with Crippen molar-refractivity contribution in [2.75, 3.05) is 7.05 Å². The lowest BCUT2D eigenvalue weighted by atomic mass is 10.4. The zero-order valence-corrected chi connectivity index (χ0v) is 11.8. The van der Waals surface area contributed by atoms with Crippen molar-refractivity contribution in [3.63, 3.8) is 0 Å². The summed E-state index contributed by atoms with van der Waals surface area (Å²) in [5, 5.41) is 8.50. The van der Waals surface area contributed by atoms with Gasteiger partial charge in [-0.1, -0.05) is 0 Å². The van der Waals surface area contributed by atoms with E-state index in [4.69, 9.17) is 0 Å². The van der Waals surface area contributed by atoms with Crippen LogP contribution in [0, 0.1) is 6.92 Å². The quantitative estimate of drug-likeness (QED) is 0.944. The monoisotopic (exact) mass is 314 g/mol. The highest BCUT2D eigenvalue weighted by Gasteiger charge is 2.16. The number of carbonyl (C=O) groups is 1. The third-order valence-corrected chi connectivity index (χ3v) is 3.83. The first-order chi connectivity index (χ1) is 8.06. The Morgan fingerprint density at radius 3 is 2.94 bits per heavy atom. The second kappa shape index (κ2) is 4.97. The summed E-state index contributed by atoms with van der Waals surface area (Å²) < 4.78 is 1.03. The minimum absolute atomic E-state index is 0.182. The fourth-order valence-electron chi connectivity index (χ4n) is 1.35. The van der Waals surface area contributed by atoms with E-state index in [-0.39, 0.29) is 11.7 Å². The highest BCUT2D eigenvalue weighted by Crippen LogP contribution is 2.21. The Kier molecular flexibility index (Phi) is 3.58. The topological polar surface area (TPSA) is 61.9 Å². The molecule has 0 aliphatic carbocycles. The van der Waals surface area contributed by atoms with Crippen molar-refractivity contribution >= 4 is 33.2 Å². The number of hydrogen-bond acceptors (Lipinski definition) is 4. The lowest BCUT2D eigenvalue weighted by Gasteiger charge is -2.13. The van der Waals surface area contributed by atoms with Crippen LogP contribution in [-0.4, -0.2) is 33.0 Å². The van der Waals surface area contributed by atoms with Gasteiger partial charge in [0.2, 0.25) is 5.82 Å². The van der Waals surface area contributed by atoms with Crippen LogP contribution in [0.3, 0.4) is 0 Å². The molecule has 0 aromatic carbocycles. The first-order valence-electron chi connectivity index (χ1n) is 4.93. The molecule has 0 aliphatic rings. The summed E-state index contributed by atoms with van der Waals surface area (Å²) in [5.41, 5.74) is 0. The van der Waals surface area contributed by atoms with E-state index in [2.05, 4.69) is 31.1 Å². The molecule has 0 atom stereocenters. The van der Waals surface area contributed by atoms with E-state index in [1.165, 1.54) is 0 Å². The number of hydrogen-bond donors (Lipinski definition) is 1. The molecule has 0 bridgehead atoms. The van der Waals surface area contributed by atoms with Gasteiger partial charge in [-0.15, -0.1) is 16.4 Å². The number of aromatic amines is 1. The summed E-state index contributed by atoms with van der Waals surface area (Å²) in [4.78, 5) is 18.7. The Morgan fingerprint density at radius 1 is 1.65 bits per heavy atom. The minimum atomic E-state index is -0.182. The maximum Gasteiger partial charge on any atom is 0.293 e. The number of carbonyl (C=O) groups excluding carboxylic acids is 1. The van der Waals surface area contributed by atoms with E-state index in [9.17, 15) is 4.79 Å². The minimum Gasteiger partial charge on any atom is -0.334 e. The van der Waals surface area contributed by atoms with Gasteiger partial charge in [0, 0.05) is 21.8 Å². The second-order valence-corrected chi connectivity index (χ2v) is 5.55. The molecular formula is C10H11BrN4OS. The Bertz CT molecular complexity index is 536. The highest BCUT2D eigenvalue weighted by molar-refractivity contribution is 9.10. The molecule has 7 heteroatoms. The number of halogens is 1. The van der Waals surface area contributed by atoms with Gasteiger partial charge in [0.1, 0.15) is 5.82 Å². The van der Waals surface area contributed by atoms with Gasteiger partial charge < -0.3 is 4.90 Å². The van der Waals surface area contributed by atoms with Crippen molar-refractivity contribution in [2.24, 2.45) is 0 Å². The first-order valence-corrected chi connectivity index (χ1v) is 6.61. The van der Waals surface area contributed by atoms with E-state index in [0.29, 0.717) is 12.4 Å². The third kappa shape index (κ3) is 2.92. The first kappa shape index (κ1) is 12.3. The molecule has 0 spiro atoms. The number of amides is 1. The summed E-state index contributed by atoms with van der Waals surface area (Å²) in [6.07, 6.45) is 0. The summed E-state index contributed by atoms with van der Waals surface area (Å²) in [7, 11) is 1.74. The van der Waals surface area contributed by atoms with E-state index in [1.807, 2.05) is 11.4 Å². The third-order valence-electron chi connectivity index (χ3n) is 2.15. The fraction of sp³-hybridized carbons (Fsp3) is 0.300. The van der Waals surface area contributed by atoms with Gasteiger partial charge >= 0.3 is 0 Å². The maximum atomic E-state index is 11.9. The molecule has 90 valence electrons. The average molecular weight is 315 g/mol. The van der Waals surface area contributed by atoms with Crippen molar-refractivity contribution in [2.45, 2.75) is 13.5 Å². The standard InChI is InChI=1S/C10H11BrN4OS/c1-6-12-9(14-13-6)10(16)15(2)4-8-3-7(11)5-17-8/h3,5H,4H2,1-2H3,(H,12,13,14). The molecule has 0 saturated heterocycles. The van der Waals surface area contributed by atoms with Crippen LogP contribution in [-0.2, 0) is 6.54 Å². The molecule has 1 N–H and O–H groups in total. The predicted octanol–water partition coefficient (Wildman–Crippen LogP) is 2.21. The van der Waals surface area contributed by atoms with Gasteiger partial charge in [-0.2, -0.15) is 0 Å². The summed E-state index contributed by atoms with van der Waals surface area (Å²) in [5.74, 6) is 0.667. The molecule has 0 unspecified atom stereocenters. The maximum absolute atomic E-state index is 11.9. The van der Waals surface area contributed by atoms with Crippen LogP contribution < -0.4 is 0 Å². The van der Waals surface area contributed by atoms with Crippen LogP contribution in [0.25, 0.3) is 0 Å². The van der Waals surface area contributed by atoms with Gasteiger partial charge in [-0.25, -0.2) is 4.98 Å². The molecule has 2 aromatic rings. The Hall–Kier alpha value is -1.21. The fourth-order valence-corrected chi connectivity index (χ4v) is 2.85. The number of aryl methyl sites for hydroxylation is 1. The molecule has 17 heavy (non-hydrogen) atoms. The lowest BCUT2D eigenvalue weighted by Crippen LogP contribution is -2.26. The van der Waals surface area contributed by atoms with Crippen molar-refractivity contribution < 1.29 is 4.79 Å². The number of thiophene rings is 1. The molecule has 0 fully saturated rings. The number of H-pyrrole nitrogens is 1. The molecule has 0 saturated carbocycles. The van der Waals surface area contributed by atoms with Crippen molar-refractivity contribution in [1.29, 1.82) is 0 Å². The number of aromatic nitrogens is 3. The Balaban J connectivity index is 2.05. The summed E-state index contributed by atoms with van der Waals surface area (Å²) >= 11 is 4.99. The predicted molar refractivity (Wildman–Crippen MR) is 68.9 cm³/mol. The lowest BCUT2D eigenvalue weighted by molar-refractivity contribution is 0.0774. The molecule has 2 aromatic heterocycles. The summed E-state index contributed by atoms with van der Waals surface area (Å²) in [6, 6.07) is 2.00. The number of nitrogens with zero attached hydrogens (tertiary/aromatic N) is 3. The van der Waals surface area contributed by atoms with E-state index >= 15 is 0 Å². The smallest absolute Gasteiger partial charge is 0.293 e. The van der Waals surface area contributed by atoms with Crippen molar-refractivity contribution in [1.82, 2.24) is 20.1 Å². The molecule has 2 heterocycles. The van der Waals surface area contributed by atoms with E-state index in [1.54, 1.807) is 30.2 Å². The van der Waals surface area contributed by atoms with Gasteiger partial charge in [0.05, 0.1) is 6.54 Å². The van der Waals surface area contributed by atoms with Gasteiger partial charge in [-0.05, 0) is 28.9 Å². The highest BCUT2D eigenvalue weighted by atomic mass is 79.9. The molecule has 0 aliphatic heterocycles. The average Bonchev–Trinajstić information content (AvgIpc) is 2.87. The van der Waals surface area contributed by atoms with Crippen LogP contribution >= 0.6 is 27.3 Å². The van der Waals surface area contributed by atoms with Crippen LogP contribution in [0.4, 0.5) is 0 Å². The molecule has 2 rings (SSSR count). The van der Waals surface area contributed by atoms with Gasteiger partial charge in [0.15, 0.2) is 0 Å². The zero-order chi connectivity index (χ0) is 12.4. The van der Waals surface area contributed by atoms with Gasteiger partial charge in [0.25, 0.3) is 5.91 Å². The molecular weight excluding hydrogens is 304 g/mol. The molecule has 5 nitrogen and oxygen atoms in total. The number of rotatable bonds is 3. The normalized spacial score (nSPS) is 10.5. The van der Waals surface area contributed by atoms with Crippen LogP contribution in [0.15, 0.2) is 15.9 Å². The molecule has 0 radical (unpaired) electrons. The second-order valence-electron chi connectivity index (χ2n) is 3.64.